The van der Waals surface area contributed by atoms with E-state index in [1.165, 1.54) is 4.90 Å². The number of benzene rings is 2. The first-order valence-corrected chi connectivity index (χ1v) is 15.0. The van der Waals surface area contributed by atoms with Crippen LogP contribution in [-0.2, 0) is 25.5 Å². The van der Waals surface area contributed by atoms with Crippen molar-refractivity contribution in [2.45, 2.75) is 74.7 Å². The standard InChI is InChI=1S/C31H38BrN3O6/c1-5-40-21-13-11-19(12-14-21)33-27(37)23-24-29(39)35(20(17-36)15-18-9-7-6-8-10-18)26(28(38)34-30(2,3)4)31(24)16-22(32)25(23)41-31/h6-14,20,22-26,36H,5,15-17H2,1-4H3,(H,33,37)(H,34,38)/t20-,22?,23+,24+,25+,26?,31?/m1/s1. The van der Waals surface area contributed by atoms with Gasteiger partial charge in [0.05, 0.1) is 37.2 Å². The molecule has 2 aromatic rings. The number of halogens is 1. The Morgan fingerprint density at radius 3 is 2.44 bits per heavy atom. The Morgan fingerprint density at radius 1 is 1.15 bits per heavy atom. The summed E-state index contributed by atoms with van der Waals surface area (Å²) in [5.41, 5.74) is -0.278. The number of rotatable bonds is 9. The van der Waals surface area contributed by atoms with E-state index in [0.717, 1.165) is 5.56 Å². The minimum atomic E-state index is -1.21. The van der Waals surface area contributed by atoms with Crippen LogP contribution >= 0.6 is 15.9 Å². The first-order valence-electron chi connectivity index (χ1n) is 14.1. The third-order valence-electron chi connectivity index (χ3n) is 8.13. The fourth-order valence-electron chi connectivity index (χ4n) is 6.66. The molecule has 2 aromatic carbocycles. The third kappa shape index (κ3) is 5.49. The van der Waals surface area contributed by atoms with E-state index in [1.54, 1.807) is 24.3 Å². The van der Waals surface area contributed by atoms with Gasteiger partial charge in [-0.15, -0.1) is 0 Å². The zero-order valence-corrected chi connectivity index (χ0v) is 25.4. The molecule has 3 saturated heterocycles. The molecule has 9 nitrogen and oxygen atoms in total. The molecule has 3 fully saturated rings. The van der Waals surface area contributed by atoms with Crippen molar-refractivity contribution in [2.75, 3.05) is 18.5 Å². The lowest BCUT2D eigenvalue weighted by atomic mass is 9.70. The molecule has 5 rings (SSSR count). The number of amides is 3. The molecule has 3 aliphatic heterocycles. The predicted octanol–water partition coefficient (Wildman–Crippen LogP) is 3.29. The summed E-state index contributed by atoms with van der Waals surface area (Å²) in [5.74, 6) is -2.04. The Kier molecular flexibility index (Phi) is 8.20. The number of carbonyl (C=O) groups is 3. The Bertz CT molecular complexity index is 1280. The van der Waals surface area contributed by atoms with Crippen LogP contribution in [0, 0.1) is 11.8 Å². The quantitative estimate of drug-likeness (QED) is 0.367. The van der Waals surface area contributed by atoms with E-state index in [1.807, 2.05) is 58.0 Å². The summed E-state index contributed by atoms with van der Waals surface area (Å²) in [7, 11) is 0. The van der Waals surface area contributed by atoms with Crippen molar-refractivity contribution in [2.24, 2.45) is 11.8 Å². The second kappa shape index (κ2) is 11.4. The number of aliphatic hydroxyl groups excluding tert-OH is 1. The molecule has 0 radical (unpaired) electrons. The van der Waals surface area contributed by atoms with Gasteiger partial charge < -0.3 is 30.1 Å². The molecular formula is C31H38BrN3O6. The molecule has 3 amide bonds. The molecule has 3 unspecified atom stereocenters. The van der Waals surface area contributed by atoms with Gasteiger partial charge in [0.25, 0.3) is 0 Å². The van der Waals surface area contributed by atoms with E-state index in [9.17, 15) is 19.5 Å². The highest BCUT2D eigenvalue weighted by Crippen LogP contribution is 2.60. The number of likely N-dealkylation sites (tertiary alicyclic amines) is 1. The van der Waals surface area contributed by atoms with Crippen LogP contribution in [0.15, 0.2) is 54.6 Å². The van der Waals surface area contributed by atoms with Crippen LogP contribution in [0.25, 0.3) is 0 Å². The van der Waals surface area contributed by atoms with Crippen molar-refractivity contribution >= 4 is 39.3 Å². The highest BCUT2D eigenvalue weighted by Gasteiger charge is 2.77. The predicted molar refractivity (Wildman–Crippen MR) is 158 cm³/mol. The summed E-state index contributed by atoms with van der Waals surface area (Å²) >= 11 is 3.70. The largest absolute Gasteiger partial charge is 0.494 e. The lowest BCUT2D eigenvalue weighted by Gasteiger charge is -2.38. The van der Waals surface area contributed by atoms with E-state index < -0.39 is 41.2 Å². The van der Waals surface area contributed by atoms with Crippen LogP contribution in [0.2, 0.25) is 0 Å². The first-order chi connectivity index (χ1) is 19.5. The van der Waals surface area contributed by atoms with Gasteiger partial charge in [-0.25, -0.2) is 0 Å². The van der Waals surface area contributed by atoms with Gasteiger partial charge in [-0.1, -0.05) is 46.3 Å². The normalized spacial score (nSPS) is 29.3. The summed E-state index contributed by atoms with van der Waals surface area (Å²) in [6, 6.07) is 14.9. The van der Waals surface area contributed by atoms with Crippen LogP contribution in [0.5, 0.6) is 5.75 Å². The molecule has 3 aliphatic rings. The Morgan fingerprint density at radius 2 is 1.83 bits per heavy atom. The second-order valence-electron chi connectivity index (χ2n) is 12.1. The van der Waals surface area contributed by atoms with Gasteiger partial charge in [0.1, 0.15) is 17.4 Å². The smallest absolute Gasteiger partial charge is 0.246 e. The number of hydrogen-bond acceptors (Lipinski definition) is 6. The molecule has 0 aliphatic carbocycles. The van der Waals surface area contributed by atoms with Crippen molar-refractivity contribution in [3.8, 4) is 5.75 Å². The minimum absolute atomic E-state index is 0.228. The fraction of sp³-hybridized carbons (Fsp3) is 0.516. The molecule has 0 aromatic heterocycles. The van der Waals surface area contributed by atoms with Gasteiger partial charge in [0, 0.05) is 16.1 Å². The zero-order chi connectivity index (χ0) is 29.5. The molecule has 1 spiro atoms. The number of fused-ring (bicyclic) bond motifs is 1. The topological polar surface area (TPSA) is 117 Å². The molecule has 220 valence electrons. The Labute approximate surface area is 249 Å². The minimum Gasteiger partial charge on any atom is -0.494 e. The number of nitrogens with one attached hydrogen (secondary N) is 2. The summed E-state index contributed by atoms with van der Waals surface area (Å²) in [4.78, 5) is 43.4. The summed E-state index contributed by atoms with van der Waals surface area (Å²) in [6.07, 6.45) is 0.166. The van der Waals surface area contributed by atoms with Crippen molar-refractivity contribution in [3.05, 3.63) is 60.2 Å². The Balaban J connectivity index is 1.50. The van der Waals surface area contributed by atoms with E-state index in [2.05, 4.69) is 26.6 Å². The van der Waals surface area contributed by atoms with Crippen molar-refractivity contribution in [1.29, 1.82) is 0 Å². The monoisotopic (exact) mass is 627 g/mol. The number of hydrogen-bond donors (Lipinski definition) is 3. The molecule has 7 atom stereocenters. The number of aliphatic hydroxyl groups is 1. The van der Waals surface area contributed by atoms with Crippen LogP contribution in [0.1, 0.15) is 39.7 Å². The maximum atomic E-state index is 14.4. The van der Waals surface area contributed by atoms with Crippen LogP contribution in [-0.4, -0.2) is 75.1 Å². The number of anilines is 1. The number of carbonyl (C=O) groups excluding carboxylic acids is 3. The average Bonchev–Trinajstić information content (AvgIpc) is 3.51. The SMILES string of the molecule is CCOc1ccc(NC(=O)[C@H]2[C@H]3C(=O)N([C@@H](CO)Cc4ccccc4)C(C(=O)NC(C)(C)C)C34CC(Br)[C@@H]2O4)cc1. The van der Waals surface area contributed by atoms with Crippen LogP contribution < -0.4 is 15.4 Å². The lowest BCUT2D eigenvalue weighted by molar-refractivity contribution is -0.145. The highest BCUT2D eigenvalue weighted by atomic mass is 79.9. The highest BCUT2D eigenvalue weighted by molar-refractivity contribution is 9.09. The summed E-state index contributed by atoms with van der Waals surface area (Å²) in [6.45, 7) is 7.72. The first kappa shape index (κ1) is 29.5. The van der Waals surface area contributed by atoms with Gasteiger partial charge in [-0.3, -0.25) is 14.4 Å². The van der Waals surface area contributed by atoms with E-state index >= 15 is 0 Å². The van der Waals surface area contributed by atoms with E-state index in [-0.39, 0.29) is 29.2 Å². The fourth-order valence-corrected chi connectivity index (χ4v) is 7.60. The number of ether oxygens (including phenoxy) is 2. The Hall–Kier alpha value is -2.95. The van der Waals surface area contributed by atoms with Gasteiger partial charge in [0.2, 0.25) is 17.7 Å². The van der Waals surface area contributed by atoms with Gasteiger partial charge in [0.15, 0.2) is 0 Å². The van der Waals surface area contributed by atoms with Gasteiger partial charge in [-0.05, 0) is 70.4 Å². The molecule has 2 bridgehead atoms. The zero-order valence-electron chi connectivity index (χ0n) is 23.8. The van der Waals surface area contributed by atoms with Gasteiger partial charge >= 0.3 is 0 Å². The molecule has 3 N–H and O–H groups in total. The second-order valence-corrected chi connectivity index (χ2v) is 13.3. The molecule has 10 heteroatoms. The molecule has 41 heavy (non-hydrogen) atoms. The summed E-state index contributed by atoms with van der Waals surface area (Å²) in [5, 5.41) is 16.5. The van der Waals surface area contributed by atoms with Crippen LogP contribution in [0.4, 0.5) is 5.69 Å². The lowest BCUT2D eigenvalue weighted by Crippen LogP contribution is -2.60. The average molecular weight is 629 g/mol. The van der Waals surface area contributed by atoms with Crippen LogP contribution in [0.3, 0.4) is 0 Å². The van der Waals surface area contributed by atoms with Crippen molar-refractivity contribution in [1.82, 2.24) is 10.2 Å². The molecular weight excluding hydrogens is 590 g/mol. The van der Waals surface area contributed by atoms with Gasteiger partial charge in [-0.2, -0.15) is 0 Å². The third-order valence-corrected chi connectivity index (χ3v) is 8.97. The number of alkyl halides is 1. The molecule has 0 saturated carbocycles. The van der Waals surface area contributed by atoms with E-state index in [4.69, 9.17) is 9.47 Å². The van der Waals surface area contributed by atoms with E-state index in [0.29, 0.717) is 30.9 Å². The van der Waals surface area contributed by atoms with Crippen molar-refractivity contribution in [3.63, 3.8) is 0 Å². The molecule has 3 heterocycles. The number of nitrogens with zero attached hydrogens (tertiary/aromatic N) is 1. The van der Waals surface area contributed by atoms with Crippen molar-refractivity contribution < 1.29 is 29.0 Å². The maximum Gasteiger partial charge on any atom is 0.246 e. The maximum absolute atomic E-state index is 14.4. The summed E-state index contributed by atoms with van der Waals surface area (Å²) < 4.78 is 12.1.